The first kappa shape index (κ1) is 36.2. The third-order valence-corrected chi connectivity index (χ3v) is 15.4. The molecule has 1 spiro atoms. The van der Waals surface area contributed by atoms with Crippen LogP contribution < -0.4 is 9.64 Å². The molecule has 1 saturated carbocycles. The van der Waals surface area contributed by atoms with Crippen molar-refractivity contribution in [3.63, 3.8) is 0 Å². The molecule has 5 aliphatic heterocycles. The lowest BCUT2D eigenvalue weighted by Gasteiger charge is -2.64. The van der Waals surface area contributed by atoms with Crippen molar-refractivity contribution in [2.45, 2.75) is 99.1 Å². The van der Waals surface area contributed by atoms with Crippen molar-refractivity contribution in [2.24, 2.45) is 11.3 Å². The number of nitrogens with one attached hydrogen (secondary N) is 1. The van der Waals surface area contributed by atoms with Gasteiger partial charge >= 0.3 is 5.97 Å². The van der Waals surface area contributed by atoms with Crippen LogP contribution in [0.4, 0.5) is 5.69 Å². The Morgan fingerprint density at radius 2 is 1.83 bits per heavy atom. The number of benzene rings is 2. The molecule has 3 fully saturated rings. The van der Waals surface area contributed by atoms with Gasteiger partial charge in [0.2, 0.25) is 0 Å². The Kier molecular flexibility index (Phi) is 8.23. The summed E-state index contributed by atoms with van der Waals surface area (Å²) in [6.45, 7) is 6.31. The van der Waals surface area contributed by atoms with Gasteiger partial charge in [0.05, 0.1) is 33.0 Å². The summed E-state index contributed by atoms with van der Waals surface area (Å²) in [6, 6.07) is 11.6. The van der Waals surface area contributed by atoms with Crippen LogP contribution in [0.2, 0.25) is 0 Å². The summed E-state index contributed by atoms with van der Waals surface area (Å²) >= 11 is 0. The number of aromatic amines is 1. The lowest BCUT2D eigenvalue weighted by molar-refractivity contribution is -0.213. The van der Waals surface area contributed by atoms with Crippen LogP contribution in [0.3, 0.4) is 0 Å². The van der Waals surface area contributed by atoms with Crippen LogP contribution >= 0.6 is 0 Å². The van der Waals surface area contributed by atoms with Crippen LogP contribution in [0.25, 0.3) is 10.9 Å². The summed E-state index contributed by atoms with van der Waals surface area (Å²) in [4.78, 5) is 25.6. The second-order valence-corrected chi connectivity index (χ2v) is 17.3. The third-order valence-electron chi connectivity index (χ3n) is 15.4. The summed E-state index contributed by atoms with van der Waals surface area (Å²) in [6.07, 6.45) is 7.34. The second-order valence-electron chi connectivity index (χ2n) is 17.3. The maximum absolute atomic E-state index is 15.1. The maximum Gasteiger partial charge on any atom is 0.322 e. The number of piperidine rings is 1. The number of carbonyl (C=O) groups is 1. The van der Waals surface area contributed by atoms with Crippen LogP contribution in [0, 0.1) is 11.3 Å². The molecule has 3 aromatic rings. The fourth-order valence-corrected chi connectivity index (χ4v) is 13.0. The van der Waals surface area contributed by atoms with E-state index in [2.05, 4.69) is 57.0 Å². The minimum absolute atomic E-state index is 0.0577. The van der Waals surface area contributed by atoms with Crippen LogP contribution in [-0.2, 0) is 26.8 Å². The number of esters is 1. The summed E-state index contributed by atoms with van der Waals surface area (Å²) in [7, 11) is 5.05. The highest BCUT2D eigenvalue weighted by Gasteiger charge is 2.76. The van der Waals surface area contributed by atoms with E-state index in [9.17, 15) is 20.4 Å². The molecule has 2 saturated heterocycles. The topological polar surface area (TPSA) is 142 Å². The normalized spacial score (nSPS) is 39.6. The number of aliphatic hydroxyl groups is 4. The summed E-state index contributed by atoms with van der Waals surface area (Å²) in [5.41, 5.74) is -0.233. The minimum Gasteiger partial charge on any atom is -0.496 e. The van der Waals surface area contributed by atoms with Gasteiger partial charge in [0, 0.05) is 77.5 Å². The molecule has 290 valence electrons. The number of para-hydroxylation sites is 1. The van der Waals surface area contributed by atoms with Crippen molar-refractivity contribution < 1.29 is 34.7 Å². The Bertz CT molecular complexity index is 2030. The highest BCUT2D eigenvalue weighted by molar-refractivity contribution is 5.94. The number of hydrogen-bond acceptors (Lipinski definition) is 10. The molecule has 54 heavy (non-hydrogen) atoms. The minimum atomic E-state index is -1.84. The van der Waals surface area contributed by atoms with Gasteiger partial charge in [-0.2, -0.15) is 0 Å². The zero-order chi connectivity index (χ0) is 38.0. The summed E-state index contributed by atoms with van der Waals surface area (Å²) in [5.74, 6) is 0.222. The standard InChI is InChI=1S/C43H56N4O7/c1-6-39-15-10-18-46-20-17-41(35(39)46)29-21-30(33(53-4)22-32(29)45(3)36(41)43(52,25-48)37(39)49)42(38(50)54-5)23-26-13-16-40(51,7-2)47(24-26)19-14-28-27-11-8-9-12-31(27)44-34(28)42/h8-12,15,21-22,26,35-37,44,48-49,51-52H,6-7,13-14,16-20,23-25H2,1-5H3/t26?,35?,36?,37-,39-,40+,41?,42+,43+/m1/s1. The predicted octanol–water partition coefficient (Wildman–Crippen LogP) is 3.59. The van der Waals surface area contributed by atoms with Gasteiger partial charge < -0.3 is 39.8 Å². The SMILES string of the molecule is CC[C@]1(O)CCC2CN1CCc1c([nH]c3ccccc13)[C@@](C(=O)OC)(c1cc3c(cc1OC)N(C)C1C34CCN3CC=C[C@](CC)(C34)[C@@H](O)[C@]1(O)CO)C2. The van der Waals surface area contributed by atoms with Crippen molar-refractivity contribution in [2.75, 3.05) is 59.0 Å². The number of fused-ring (bicyclic) bond motifs is 6. The zero-order valence-corrected chi connectivity index (χ0v) is 32.3. The molecule has 2 bridgehead atoms. The number of likely N-dealkylation sites (N-methyl/N-ethyl adjacent to an activating group) is 1. The molecule has 0 radical (unpaired) electrons. The quantitative estimate of drug-likeness (QED) is 0.188. The lowest BCUT2D eigenvalue weighted by atomic mass is 9.48. The number of nitrogens with zero attached hydrogens (tertiary/aromatic N) is 3. The maximum atomic E-state index is 15.1. The average Bonchev–Trinajstić information content (AvgIpc) is 3.86. The number of ether oxygens (including phenoxy) is 2. The first-order chi connectivity index (χ1) is 25.9. The van der Waals surface area contributed by atoms with Crippen molar-refractivity contribution in [3.05, 3.63) is 70.9 Å². The van der Waals surface area contributed by atoms with Crippen molar-refractivity contribution in [3.8, 4) is 5.75 Å². The van der Waals surface area contributed by atoms with Crippen LogP contribution in [0.1, 0.15) is 74.8 Å². The molecule has 1 aliphatic carbocycles. The highest BCUT2D eigenvalue weighted by atomic mass is 16.5. The van der Waals surface area contributed by atoms with Gasteiger partial charge in [-0.3, -0.25) is 14.6 Å². The molecule has 10 atom stereocenters. The second kappa shape index (κ2) is 12.3. The molecular formula is C43H56N4O7. The molecule has 9 rings (SSSR count). The fourth-order valence-electron chi connectivity index (χ4n) is 13.0. The van der Waals surface area contributed by atoms with E-state index in [4.69, 9.17) is 9.47 Å². The number of hydrogen-bond donors (Lipinski definition) is 5. The molecule has 6 aliphatic rings. The van der Waals surface area contributed by atoms with Gasteiger partial charge in [-0.25, -0.2) is 0 Å². The van der Waals surface area contributed by atoms with E-state index in [1.807, 2.05) is 32.2 Å². The van der Waals surface area contributed by atoms with E-state index in [1.165, 1.54) is 7.11 Å². The molecule has 2 aromatic carbocycles. The number of anilines is 1. The Labute approximate surface area is 317 Å². The molecule has 0 amide bonds. The molecule has 5 unspecified atom stereocenters. The molecule has 6 heterocycles. The summed E-state index contributed by atoms with van der Waals surface area (Å²) < 4.78 is 12.3. The lowest BCUT2D eigenvalue weighted by Crippen LogP contribution is -2.79. The van der Waals surface area contributed by atoms with Crippen LogP contribution in [0.15, 0.2) is 48.6 Å². The van der Waals surface area contributed by atoms with Gasteiger partial charge in [0.15, 0.2) is 0 Å². The Morgan fingerprint density at radius 1 is 1.04 bits per heavy atom. The van der Waals surface area contributed by atoms with E-state index in [0.29, 0.717) is 62.9 Å². The van der Waals surface area contributed by atoms with Gasteiger partial charge in [-0.15, -0.1) is 0 Å². The Balaban J connectivity index is 1.35. The number of aliphatic hydroxyl groups excluding tert-OH is 2. The largest absolute Gasteiger partial charge is 0.496 e. The van der Waals surface area contributed by atoms with E-state index in [1.54, 1.807) is 7.11 Å². The Hall–Kier alpha value is -3.45. The Morgan fingerprint density at radius 3 is 2.56 bits per heavy atom. The molecule has 5 N–H and O–H groups in total. The van der Waals surface area contributed by atoms with Crippen LogP contribution in [-0.4, -0.2) is 125 Å². The van der Waals surface area contributed by atoms with Gasteiger partial charge in [-0.05, 0) is 80.7 Å². The van der Waals surface area contributed by atoms with Crippen molar-refractivity contribution in [1.82, 2.24) is 14.8 Å². The number of methoxy groups -OCH3 is 2. The molecule has 11 heteroatoms. The van der Waals surface area contributed by atoms with Gasteiger partial charge in [0.1, 0.15) is 22.5 Å². The predicted molar refractivity (Wildman–Crippen MR) is 206 cm³/mol. The fraction of sp³-hybridized carbons (Fsp3) is 0.605. The van der Waals surface area contributed by atoms with E-state index in [0.717, 1.165) is 52.9 Å². The number of aromatic nitrogens is 1. The van der Waals surface area contributed by atoms with Crippen LogP contribution in [0.5, 0.6) is 5.75 Å². The number of rotatable bonds is 6. The molecule has 1 aromatic heterocycles. The number of carbonyl (C=O) groups excluding carboxylic acids is 1. The van der Waals surface area contributed by atoms with E-state index < -0.39 is 46.3 Å². The molecular weight excluding hydrogens is 684 g/mol. The number of H-pyrrole nitrogens is 1. The van der Waals surface area contributed by atoms with Gasteiger partial charge in [-0.1, -0.05) is 44.2 Å². The van der Waals surface area contributed by atoms with Gasteiger partial charge in [0.25, 0.3) is 0 Å². The average molecular weight is 741 g/mol. The zero-order valence-electron chi connectivity index (χ0n) is 32.3. The monoisotopic (exact) mass is 740 g/mol. The highest BCUT2D eigenvalue weighted by Crippen LogP contribution is 2.67. The van der Waals surface area contributed by atoms with Crippen molar-refractivity contribution in [1.29, 1.82) is 0 Å². The van der Waals surface area contributed by atoms with Crippen molar-refractivity contribution >= 4 is 22.6 Å². The summed E-state index contributed by atoms with van der Waals surface area (Å²) in [5, 5.41) is 48.9. The third kappa shape index (κ3) is 4.31. The smallest absolute Gasteiger partial charge is 0.322 e. The first-order valence-corrected chi connectivity index (χ1v) is 20.0. The molecule has 11 nitrogen and oxygen atoms in total. The first-order valence-electron chi connectivity index (χ1n) is 20.0. The van der Waals surface area contributed by atoms with E-state index >= 15 is 4.79 Å². The van der Waals surface area contributed by atoms with E-state index in [-0.39, 0.29) is 17.9 Å².